The molecule has 25 heavy (non-hydrogen) atoms. The summed E-state index contributed by atoms with van der Waals surface area (Å²) < 4.78 is 0. The lowest BCUT2D eigenvalue weighted by atomic mass is 10.2. The lowest BCUT2D eigenvalue weighted by molar-refractivity contribution is 0.315. The molecular formula is C19H20ClN5. The van der Waals surface area contributed by atoms with Gasteiger partial charge in [-0.2, -0.15) is 4.98 Å². The summed E-state index contributed by atoms with van der Waals surface area (Å²) in [5, 5.41) is 3.92. The number of nitrogens with two attached hydrogens (primary N) is 1. The van der Waals surface area contributed by atoms with E-state index in [-0.39, 0.29) is 5.95 Å². The molecule has 0 aliphatic carbocycles. The van der Waals surface area contributed by atoms with Gasteiger partial charge in [0.25, 0.3) is 0 Å². The van der Waals surface area contributed by atoms with Crippen molar-refractivity contribution in [2.24, 2.45) is 0 Å². The van der Waals surface area contributed by atoms with Crippen molar-refractivity contribution in [2.75, 3.05) is 18.1 Å². The van der Waals surface area contributed by atoms with Crippen LogP contribution >= 0.6 is 11.6 Å². The second-order valence-electron chi connectivity index (χ2n) is 5.89. The van der Waals surface area contributed by atoms with Gasteiger partial charge < -0.3 is 11.1 Å². The van der Waals surface area contributed by atoms with E-state index in [0.29, 0.717) is 17.4 Å². The van der Waals surface area contributed by atoms with E-state index >= 15 is 0 Å². The quantitative estimate of drug-likeness (QED) is 0.698. The topological polar surface area (TPSA) is 67.1 Å². The van der Waals surface area contributed by atoms with E-state index in [1.165, 1.54) is 5.56 Å². The van der Waals surface area contributed by atoms with Crippen LogP contribution in [0.3, 0.4) is 0 Å². The van der Waals surface area contributed by atoms with Crippen molar-refractivity contribution < 1.29 is 0 Å². The van der Waals surface area contributed by atoms with Gasteiger partial charge >= 0.3 is 0 Å². The van der Waals surface area contributed by atoms with Crippen LogP contribution in [-0.2, 0) is 13.1 Å². The highest BCUT2D eigenvalue weighted by atomic mass is 35.5. The third-order valence-electron chi connectivity index (χ3n) is 3.64. The lowest BCUT2D eigenvalue weighted by Crippen LogP contribution is -2.18. The minimum Gasteiger partial charge on any atom is -0.368 e. The average Bonchev–Trinajstić information content (AvgIpc) is 2.57. The Morgan fingerprint density at radius 2 is 1.72 bits per heavy atom. The Balaban J connectivity index is 1.69. The van der Waals surface area contributed by atoms with Gasteiger partial charge in [0, 0.05) is 29.9 Å². The van der Waals surface area contributed by atoms with E-state index in [1.807, 2.05) is 48.5 Å². The Morgan fingerprint density at radius 3 is 2.44 bits per heavy atom. The Morgan fingerprint density at radius 1 is 1.00 bits per heavy atom. The molecule has 0 radical (unpaired) electrons. The molecule has 3 rings (SSSR count). The van der Waals surface area contributed by atoms with Gasteiger partial charge in [0.2, 0.25) is 5.95 Å². The second-order valence-corrected chi connectivity index (χ2v) is 6.33. The molecule has 6 heteroatoms. The van der Waals surface area contributed by atoms with E-state index in [4.69, 9.17) is 17.3 Å². The highest BCUT2D eigenvalue weighted by molar-refractivity contribution is 6.30. The van der Waals surface area contributed by atoms with Crippen LogP contribution in [0.1, 0.15) is 11.3 Å². The zero-order valence-electron chi connectivity index (χ0n) is 14.0. The second kappa shape index (κ2) is 7.96. The first-order valence-corrected chi connectivity index (χ1v) is 8.35. The van der Waals surface area contributed by atoms with Crippen LogP contribution in [0.2, 0.25) is 5.02 Å². The van der Waals surface area contributed by atoms with Gasteiger partial charge in [-0.05, 0) is 36.9 Å². The number of aromatic nitrogens is 2. The van der Waals surface area contributed by atoms with Crippen molar-refractivity contribution in [3.8, 4) is 0 Å². The molecule has 0 bridgehead atoms. The summed E-state index contributed by atoms with van der Waals surface area (Å²) in [4.78, 5) is 10.8. The molecule has 0 spiro atoms. The van der Waals surface area contributed by atoms with E-state index in [9.17, 15) is 0 Å². The molecule has 0 fully saturated rings. The predicted molar refractivity (Wildman–Crippen MR) is 103 cm³/mol. The van der Waals surface area contributed by atoms with E-state index in [1.54, 1.807) is 0 Å². The number of hydrogen-bond donors (Lipinski definition) is 2. The van der Waals surface area contributed by atoms with E-state index in [2.05, 4.69) is 39.4 Å². The molecule has 3 aromatic rings. The molecule has 1 aromatic heterocycles. The fourth-order valence-corrected chi connectivity index (χ4v) is 2.70. The Hall–Kier alpha value is -2.63. The number of nitrogens with zero attached hydrogens (tertiary/aromatic N) is 3. The van der Waals surface area contributed by atoms with Crippen molar-refractivity contribution in [1.82, 2.24) is 14.9 Å². The molecule has 0 saturated heterocycles. The van der Waals surface area contributed by atoms with Gasteiger partial charge in [-0.15, -0.1) is 0 Å². The van der Waals surface area contributed by atoms with Crippen LogP contribution in [0.15, 0.2) is 60.7 Å². The summed E-state index contributed by atoms with van der Waals surface area (Å²) >= 11 is 5.91. The molecule has 0 unspecified atom stereocenters. The van der Waals surface area contributed by atoms with Gasteiger partial charge in [-0.1, -0.05) is 41.9 Å². The number of hydrogen-bond acceptors (Lipinski definition) is 5. The van der Waals surface area contributed by atoms with Gasteiger partial charge in [-0.25, -0.2) is 4.98 Å². The van der Waals surface area contributed by atoms with Crippen LogP contribution in [0.5, 0.6) is 0 Å². The highest BCUT2D eigenvalue weighted by Gasteiger charge is 2.07. The van der Waals surface area contributed by atoms with Crippen LogP contribution in [0.25, 0.3) is 0 Å². The SMILES string of the molecule is CN(Cc1ccccc1)Cc1cc(Nc2ccc(Cl)cc2)nc(N)n1. The number of rotatable bonds is 6. The first kappa shape index (κ1) is 17.2. The summed E-state index contributed by atoms with van der Waals surface area (Å²) in [6.45, 7) is 1.52. The lowest BCUT2D eigenvalue weighted by Gasteiger charge is -2.17. The first-order valence-electron chi connectivity index (χ1n) is 7.97. The molecule has 3 N–H and O–H groups in total. The van der Waals surface area contributed by atoms with Crippen LogP contribution in [-0.4, -0.2) is 21.9 Å². The van der Waals surface area contributed by atoms with E-state index < -0.39 is 0 Å². The van der Waals surface area contributed by atoms with Crippen LogP contribution in [0, 0.1) is 0 Å². The largest absolute Gasteiger partial charge is 0.368 e. The summed E-state index contributed by atoms with van der Waals surface area (Å²) in [5.74, 6) is 0.917. The molecule has 2 aromatic carbocycles. The monoisotopic (exact) mass is 353 g/mol. The average molecular weight is 354 g/mol. The van der Waals surface area contributed by atoms with Gasteiger partial charge in [0.1, 0.15) is 5.82 Å². The normalized spacial score (nSPS) is 10.8. The standard InChI is InChI=1S/C19H20ClN5/c1-25(12-14-5-3-2-4-6-14)13-17-11-18(24-19(21)23-17)22-16-9-7-15(20)8-10-16/h2-11H,12-13H2,1H3,(H3,21,22,23,24). The number of halogens is 1. The van der Waals surface area contributed by atoms with E-state index in [0.717, 1.165) is 17.9 Å². The minimum atomic E-state index is 0.252. The van der Waals surface area contributed by atoms with Crippen LogP contribution in [0.4, 0.5) is 17.5 Å². The van der Waals surface area contributed by atoms with Gasteiger partial charge in [-0.3, -0.25) is 4.90 Å². The highest BCUT2D eigenvalue weighted by Crippen LogP contribution is 2.19. The Kier molecular flexibility index (Phi) is 5.48. The fourth-order valence-electron chi connectivity index (χ4n) is 2.57. The van der Waals surface area contributed by atoms with Crippen molar-refractivity contribution in [3.05, 3.63) is 76.9 Å². The molecule has 0 aliphatic heterocycles. The Bertz CT molecular complexity index is 821. The van der Waals surface area contributed by atoms with Crippen LogP contribution < -0.4 is 11.1 Å². The molecule has 0 saturated carbocycles. The molecule has 5 nitrogen and oxygen atoms in total. The predicted octanol–water partition coefficient (Wildman–Crippen LogP) is 4.09. The van der Waals surface area contributed by atoms with Gasteiger partial charge in [0.05, 0.1) is 5.69 Å². The van der Waals surface area contributed by atoms with Crippen molar-refractivity contribution in [1.29, 1.82) is 0 Å². The third-order valence-corrected chi connectivity index (χ3v) is 3.89. The smallest absolute Gasteiger partial charge is 0.222 e. The zero-order valence-corrected chi connectivity index (χ0v) is 14.7. The fraction of sp³-hybridized carbons (Fsp3) is 0.158. The summed E-state index contributed by atoms with van der Waals surface area (Å²) in [5.41, 5.74) is 8.88. The molecule has 0 amide bonds. The number of nitrogens with one attached hydrogen (secondary N) is 1. The summed E-state index contributed by atoms with van der Waals surface area (Å²) in [7, 11) is 2.05. The molecule has 1 heterocycles. The minimum absolute atomic E-state index is 0.252. The third kappa shape index (κ3) is 5.17. The number of anilines is 3. The summed E-state index contributed by atoms with van der Waals surface area (Å²) in [6.07, 6.45) is 0. The molecule has 0 atom stereocenters. The zero-order chi connectivity index (χ0) is 17.6. The Labute approximate surface area is 152 Å². The van der Waals surface area contributed by atoms with Crippen molar-refractivity contribution >= 4 is 29.1 Å². The van der Waals surface area contributed by atoms with Crippen molar-refractivity contribution in [2.45, 2.75) is 13.1 Å². The molecule has 0 aliphatic rings. The van der Waals surface area contributed by atoms with Gasteiger partial charge in [0.15, 0.2) is 0 Å². The molecule has 128 valence electrons. The first-order chi connectivity index (χ1) is 12.1. The van der Waals surface area contributed by atoms with Crippen molar-refractivity contribution in [3.63, 3.8) is 0 Å². The summed E-state index contributed by atoms with van der Waals surface area (Å²) in [6, 6.07) is 19.7. The number of nitrogen functional groups attached to an aromatic ring is 1. The number of benzene rings is 2. The maximum Gasteiger partial charge on any atom is 0.222 e. The molecular weight excluding hydrogens is 334 g/mol. The maximum absolute atomic E-state index is 5.91. The maximum atomic E-state index is 5.91.